The number of nitrogens with zero attached hydrogens (tertiary/aromatic N) is 2. The number of rotatable bonds is 2. The molecule has 1 atom stereocenters. The van der Waals surface area contributed by atoms with E-state index in [4.69, 9.17) is 0 Å². The van der Waals surface area contributed by atoms with E-state index in [2.05, 4.69) is 51.3 Å². The maximum Gasteiger partial charge on any atom is 0.0957 e. The average molecular weight is 320 g/mol. The topological polar surface area (TPSA) is 17.8 Å². The Morgan fingerprint density at radius 2 is 1.83 bits per heavy atom. The molecule has 1 aliphatic carbocycles. The van der Waals surface area contributed by atoms with Crippen molar-refractivity contribution in [1.29, 1.82) is 0 Å². The van der Waals surface area contributed by atoms with Gasteiger partial charge < -0.3 is 4.57 Å². The molecule has 3 aromatic rings. The van der Waals surface area contributed by atoms with Crippen molar-refractivity contribution in [3.05, 3.63) is 64.7 Å². The Labute approximate surface area is 140 Å². The predicted octanol–water partition coefficient (Wildman–Crippen LogP) is 5.49. The lowest BCUT2D eigenvalue weighted by molar-refractivity contribution is 0.267. The first-order valence-electron chi connectivity index (χ1n) is 8.56. The summed E-state index contributed by atoms with van der Waals surface area (Å²) in [4.78, 5) is 5.96. The van der Waals surface area contributed by atoms with Gasteiger partial charge in [-0.15, -0.1) is 11.3 Å². The quantitative estimate of drug-likeness (QED) is 0.610. The molecule has 0 saturated heterocycles. The molecule has 1 aromatic carbocycles. The molecule has 1 saturated carbocycles. The van der Waals surface area contributed by atoms with Gasteiger partial charge in [-0.05, 0) is 54.5 Å². The molecule has 0 radical (unpaired) electrons. The van der Waals surface area contributed by atoms with Crippen LogP contribution in [-0.2, 0) is 0 Å². The Morgan fingerprint density at radius 1 is 1.00 bits per heavy atom. The van der Waals surface area contributed by atoms with Gasteiger partial charge in [-0.25, -0.2) is 4.98 Å². The van der Waals surface area contributed by atoms with Gasteiger partial charge in [-0.2, -0.15) is 0 Å². The molecule has 2 aromatic heterocycles. The lowest BCUT2D eigenvalue weighted by atomic mass is 9.76. The fraction of sp³-hybridized carbons (Fsp3) is 0.350. The highest BCUT2D eigenvalue weighted by molar-refractivity contribution is 7.10. The van der Waals surface area contributed by atoms with Crippen LogP contribution in [0, 0.1) is 5.92 Å². The molecule has 3 heterocycles. The third-order valence-corrected chi connectivity index (χ3v) is 6.68. The third kappa shape index (κ3) is 2.10. The smallest absolute Gasteiger partial charge is 0.0957 e. The van der Waals surface area contributed by atoms with Gasteiger partial charge >= 0.3 is 0 Å². The average Bonchev–Trinajstić information content (AvgIpc) is 3.29. The number of benzene rings is 1. The highest BCUT2D eigenvalue weighted by Gasteiger charge is 2.37. The highest BCUT2D eigenvalue weighted by atomic mass is 32.1. The fourth-order valence-electron chi connectivity index (χ4n) is 4.56. The summed E-state index contributed by atoms with van der Waals surface area (Å²) in [6.07, 6.45) is 9.33. The van der Waals surface area contributed by atoms with Crippen molar-refractivity contribution in [3.8, 4) is 11.3 Å². The van der Waals surface area contributed by atoms with Crippen LogP contribution in [0.1, 0.15) is 48.1 Å². The molecule has 0 amide bonds. The molecule has 23 heavy (non-hydrogen) atoms. The van der Waals surface area contributed by atoms with E-state index in [1.54, 1.807) is 4.88 Å². The molecule has 3 heteroatoms. The van der Waals surface area contributed by atoms with Gasteiger partial charge in [0.1, 0.15) is 0 Å². The molecule has 5 rings (SSSR count). The Hall–Kier alpha value is -1.87. The monoisotopic (exact) mass is 320 g/mol. The van der Waals surface area contributed by atoms with Crippen LogP contribution in [-0.4, -0.2) is 9.55 Å². The van der Waals surface area contributed by atoms with Crippen molar-refractivity contribution in [2.75, 3.05) is 0 Å². The molecule has 2 aliphatic rings. The Bertz CT molecular complexity index is 769. The van der Waals surface area contributed by atoms with Crippen LogP contribution < -0.4 is 0 Å². The van der Waals surface area contributed by atoms with E-state index in [0.29, 0.717) is 6.04 Å². The van der Waals surface area contributed by atoms with E-state index >= 15 is 0 Å². The molecule has 1 aliphatic heterocycles. The highest BCUT2D eigenvalue weighted by Crippen LogP contribution is 2.50. The number of aromatic nitrogens is 2. The number of imidazole rings is 1. The van der Waals surface area contributed by atoms with Crippen molar-refractivity contribution >= 4 is 11.3 Å². The zero-order valence-electron chi connectivity index (χ0n) is 13.1. The minimum atomic E-state index is 0.527. The van der Waals surface area contributed by atoms with E-state index < -0.39 is 0 Å². The molecular formula is C20H20N2S. The van der Waals surface area contributed by atoms with Gasteiger partial charge in [0.2, 0.25) is 0 Å². The second kappa shape index (κ2) is 5.34. The van der Waals surface area contributed by atoms with Crippen LogP contribution in [0.25, 0.3) is 11.3 Å². The van der Waals surface area contributed by atoms with Gasteiger partial charge in [-0.1, -0.05) is 30.3 Å². The normalized spacial score (nSPS) is 26.0. The number of thiophene rings is 1. The second-order valence-electron chi connectivity index (χ2n) is 6.85. The summed E-state index contributed by atoms with van der Waals surface area (Å²) in [7, 11) is 0. The van der Waals surface area contributed by atoms with Gasteiger partial charge in [0.25, 0.3) is 0 Å². The van der Waals surface area contributed by atoms with Crippen LogP contribution in [0.4, 0.5) is 0 Å². The van der Waals surface area contributed by atoms with Crippen LogP contribution in [0.5, 0.6) is 0 Å². The lowest BCUT2D eigenvalue weighted by Gasteiger charge is -2.33. The van der Waals surface area contributed by atoms with Crippen LogP contribution in [0.3, 0.4) is 0 Å². The van der Waals surface area contributed by atoms with Crippen LogP contribution >= 0.6 is 11.3 Å². The number of fused-ring (bicyclic) bond motifs is 3. The molecule has 2 nitrogen and oxygen atoms in total. The van der Waals surface area contributed by atoms with Gasteiger partial charge in [-0.3, -0.25) is 0 Å². The first kappa shape index (κ1) is 13.6. The Morgan fingerprint density at radius 3 is 2.65 bits per heavy atom. The van der Waals surface area contributed by atoms with E-state index in [1.807, 2.05) is 23.9 Å². The second-order valence-corrected chi connectivity index (χ2v) is 7.80. The van der Waals surface area contributed by atoms with Crippen LogP contribution in [0.2, 0.25) is 0 Å². The van der Waals surface area contributed by atoms with Gasteiger partial charge in [0.15, 0.2) is 0 Å². The van der Waals surface area contributed by atoms with E-state index in [9.17, 15) is 0 Å². The molecule has 116 valence electrons. The first-order chi connectivity index (χ1) is 11.4. The standard InChI is InChI=1S/C20H20N2S/c1-2-4-14(5-3-1)15-6-8-16(9-7-15)19-20-17(10-11-23-20)18-12-21-13-22(18)19/h1-5,10-13,15-16,19H,6-9H2/t15-,16+,19-/m1/s1. The Kier molecular flexibility index (Phi) is 3.15. The van der Waals surface area contributed by atoms with Crippen molar-refractivity contribution in [1.82, 2.24) is 9.55 Å². The Balaban J connectivity index is 1.39. The summed E-state index contributed by atoms with van der Waals surface area (Å²) in [6.45, 7) is 0. The summed E-state index contributed by atoms with van der Waals surface area (Å²) in [5.41, 5.74) is 4.26. The van der Waals surface area contributed by atoms with Crippen LogP contribution in [0.15, 0.2) is 54.3 Å². The SMILES string of the molecule is c1ccc([C@H]2CC[C@@H]([C@@H]3c4sccc4-c4cncn43)CC2)cc1. The van der Waals surface area contributed by atoms with Gasteiger partial charge in [0, 0.05) is 10.4 Å². The van der Waals surface area contributed by atoms with Crippen molar-refractivity contribution in [2.45, 2.75) is 37.6 Å². The zero-order chi connectivity index (χ0) is 15.2. The molecule has 0 bridgehead atoms. The maximum atomic E-state index is 4.40. The van der Waals surface area contributed by atoms with E-state index in [-0.39, 0.29) is 0 Å². The zero-order valence-corrected chi connectivity index (χ0v) is 13.9. The molecule has 0 N–H and O–H groups in total. The number of hydrogen-bond acceptors (Lipinski definition) is 2. The summed E-state index contributed by atoms with van der Waals surface area (Å²) < 4.78 is 2.43. The van der Waals surface area contributed by atoms with Crippen molar-refractivity contribution in [3.63, 3.8) is 0 Å². The minimum absolute atomic E-state index is 0.527. The summed E-state index contributed by atoms with van der Waals surface area (Å²) in [5, 5.41) is 2.24. The van der Waals surface area contributed by atoms with Crippen molar-refractivity contribution in [2.24, 2.45) is 5.92 Å². The number of hydrogen-bond donors (Lipinski definition) is 0. The largest absolute Gasteiger partial charge is 0.322 e. The summed E-state index contributed by atoms with van der Waals surface area (Å²) >= 11 is 1.92. The molecule has 0 spiro atoms. The minimum Gasteiger partial charge on any atom is -0.322 e. The maximum absolute atomic E-state index is 4.40. The predicted molar refractivity (Wildman–Crippen MR) is 94.8 cm³/mol. The fourth-order valence-corrected chi connectivity index (χ4v) is 5.65. The summed E-state index contributed by atoms with van der Waals surface area (Å²) in [5.74, 6) is 1.50. The molecular weight excluding hydrogens is 300 g/mol. The van der Waals surface area contributed by atoms with Gasteiger partial charge in [0.05, 0.1) is 24.3 Å². The third-order valence-electron chi connectivity index (χ3n) is 5.69. The van der Waals surface area contributed by atoms with Crippen molar-refractivity contribution < 1.29 is 0 Å². The molecule has 1 fully saturated rings. The van der Waals surface area contributed by atoms with E-state index in [0.717, 1.165) is 11.8 Å². The first-order valence-corrected chi connectivity index (χ1v) is 9.44. The van der Waals surface area contributed by atoms with E-state index in [1.165, 1.54) is 42.5 Å². The summed E-state index contributed by atoms with van der Waals surface area (Å²) in [6, 6.07) is 13.9. The molecule has 0 unspecified atom stereocenters. The lowest BCUT2D eigenvalue weighted by Crippen LogP contribution is -2.22.